The number of hydrogen-bond acceptors (Lipinski definition) is 6. The fourth-order valence-corrected chi connectivity index (χ4v) is 4.12. The molecule has 0 spiro atoms. The molecule has 5 rings (SSSR count). The first kappa shape index (κ1) is 21.9. The number of halogens is 3. The Hall–Kier alpha value is -3.96. The third-order valence-electron chi connectivity index (χ3n) is 5.82. The minimum Gasteiger partial charge on any atom is -0.337 e. The lowest BCUT2D eigenvalue weighted by molar-refractivity contribution is 0.139. The SMILES string of the molecule is Cn1ccc(-c2nc(N3CCN(C(=O)N4N=CC[C@H]4c4cc(F)cc(F)c4)CC3)ncc2F)n1. The molecule has 0 unspecified atom stereocenters. The van der Waals surface area contributed by atoms with Gasteiger partial charge >= 0.3 is 6.03 Å². The molecule has 0 N–H and O–H groups in total. The van der Waals surface area contributed by atoms with Gasteiger partial charge in [0, 0.05) is 58.1 Å². The summed E-state index contributed by atoms with van der Waals surface area (Å²) in [6.45, 7) is 1.56. The number of aryl methyl sites for hydroxylation is 1. The monoisotopic (exact) mass is 470 g/mol. The molecule has 1 fully saturated rings. The number of aromatic nitrogens is 4. The molecule has 0 aliphatic carbocycles. The summed E-state index contributed by atoms with van der Waals surface area (Å²) >= 11 is 0. The van der Waals surface area contributed by atoms with E-state index < -0.39 is 23.5 Å². The number of hydrogen-bond donors (Lipinski definition) is 0. The van der Waals surface area contributed by atoms with Gasteiger partial charge in [-0.2, -0.15) is 10.2 Å². The van der Waals surface area contributed by atoms with Gasteiger partial charge in [-0.15, -0.1) is 0 Å². The van der Waals surface area contributed by atoms with Crippen LogP contribution < -0.4 is 4.90 Å². The quantitative estimate of drug-likeness (QED) is 0.588. The number of carbonyl (C=O) groups is 1. The highest BCUT2D eigenvalue weighted by Gasteiger charge is 2.34. The van der Waals surface area contributed by atoms with Crippen LogP contribution in [0.25, 0.3) is 11.4 Å². The first-order valence-electron chi connectivity index (χ1n) is 10.7. The van der Waals surface area contributed by atoms with Crippen molar-refractivity contribution in [1.82, 2.24) is 29.7 Å². The van der Waals surface area contributed by atoms with Crippen molar-refractivity contribution in [2.75, 3.05) is 31.1 Å². The van der Waals surface area contributed by atoms with Crippen molar-refractivity contribution < 1.29 is 18.0 Å². The van der Waals surface area contributed by atoms with Crippen LogP contribution in [0, 0.1) is 17.5 Å². The topological polar surface area (TPSA) is 82.8 Å². The molecule has 3 aromatic rings. The Balaban J connectivity index is 1.27. The molecule has 2 amide bonds. The zero-order chi connectivity index (χ0) is 23.8. The van der Waals surface area contributed by atoms with E-state index in [4.69, 9.17) is 0 Å². The van der Waals surface area contributed by atoms with Crippen LogP contribution in [0.1, 0.15) is 18.0 Å². The third-order valence-corrected chi connectivity index (χ3v) is 5.82. The van der Waals surface area contributed by atoms with E-state index in [9.17, 15) is 18.0 Å². The number of hydrazone groups is 1. The maximum absolute atomic E-state index is 14.3. The van der Waals surface area contributed by atoms with Crippen molar-refractivity contribution in [1.29, 1.82) is 0 Å². The van der Waals surface area contributed by atoms with Crippen LogP contribution in [0.5, 0.6) is 0 Å². The van der Waals surface area contributed by atoms with Crippen molar-refractivity contribution in [3.8, 4) is 11.4 Å². The van der Waals surface area contributed by atoms with Gasteiger partial charge in [0.15, 0.2) is 5.82 Å². The van der Waals surface area contributed by atoms with Crippen LogP contribution in [-0.2, 0) is 7.05 Å². The minimum atomic E-state index is -0.702. The standard InChI is InChI=1S/C22H21F3N8O/c1-30-5-3-18(29-30)20-17(25)13-26-21(28-20)31-6-8-32(9-7-31)22(34)33-19(2-4-27-33)14-10-15(23)12-16(24)11-14/h3-5,10-13,19H,2,6-9H2,1H3/t19-/m0/s1. The lowest BCUT2D eigenvalue weighted by Crippen LogP contribution is -2.52. The predicted octanol–water partition coefficient (Wildman–Crippen LogP) is 2.97. The Morgan fingerprint density at radius 2 is 1.79 bits per heavy atom. The fourth-order valence-electron chi connectivity index (χ4n) is 4.12. The van der Waals surface area contributed by atoms with Gasteiger partial charge in [-0.1, -0.05) is 0 Å². The summed E-state index contributed by atoms with van der Waals surface area (Å²) in [7, 11) is 1.74. The van der Waals surface area contributed by atoms with Gasteiger partial charge in [-0.25, -0.2) is 32.9 Å². The highest BCUT2D eigenvalue weighted by atomic mass is 19.1. The summed E-state index contributed by atoms with van der Waals surface area (Å²) in [5.41, 5.74) is 0.869. The molecule has 4 heterocycles. The number of amides is 2. The van der Waals surface area contributed by atoms with E-state index in [-0.39, 0.29) is 11.7 Å². The summed E-state index contributed by atoms with van der Waals surface area (Å²) in [5, 5.41) is 9.61. The van der Waals surface area contributed by atoms with E-state index >= 15 is 0 Å². The highest BCUT2D eigenvalue weighted by Crippen LogP contribution is 2.30. The zero-order valence-corrected chi connectivity index (χ0v) is 18.3. The van der Waals surface area contributed by atoms with Crippen molar-refractivity contribution in [3.63, 3.8) is 0 Å². The molecule has 0 radical (unpaired) electrons. The number of rotatable bonds is 3. The predicted molar refractivity (Wildman–Crippen MR) is 117 cm³/mol. The maximum Gasteiger partial charge on any atom is 0.341 e. The second kappa shape index (κ2) is 8.76. The van der Waals surface area contributed by atoms with Crippen molar-refractivity contribution in [3.05, 3.63) is 59.7 Å². The van der Waals surface area contributed by atoms with Gasteiger partial charge < -0.3 is 9.80 Å². The second-order valence-corrected chi connectivity index (χ2v) is 8.09. The van der Waals surface area contributed by atoms with Gasteiger partial charge in [0.2, 0.25) is 5.95 Å². The number of anilines is 1. The number of piperazine rings is 1. The lowest BCUT2D eigenvalue weighted by Gasteiger charge is -2.37. The van der Waals surface area contributed by atoms with Crippen molar-refractivity contribution in [2.24, 2.45) is 12.1 Å². The molecule has 176 valence electrons. The van der Waals surface area contributed by atoms with E-state index in [2.05, 4.69) is 20.2 Å². The normalized spacial score (nSPS) is 18.1. The first-order valence-corrected chi connectivity index (χ1v) is 10.7. The van der Waals surface area contributed by atoms with Crippen LogP contribution in [0.3, 0.4) is 0 Å². The second-order valence-electron chi connectivity index (χ2n) is 8.09. The van der Waals surface area contributed by atoms with E-state index in [1.807, 2.05) is 4.90 Å². The molecule has 2 aliphatic heterocycles. The Labute approximate surface area is 193 Å². The number of nitrogens with zero attached hydrogens (tertiary/aromatic N) is 8. The maximum atomic E-state index is 14.3. The molecule has 0 bridgehead atoms. The average Bonchev–Trinajstić information content (AvgIpc) is 3.48. The molecule has 12 heteroatoms. The molecule has 34 heavy (non-hydrogen) atoms. The number of urea groups is 1. The number of carbonyl (C=O) groups excluding carboxylic acids is 1. The molecule has 0 saturated carbocycles. The van der Waals surface area contributed by atoms with Crippen LogP contribution in [0.15, 0.2) is 41.8 Å². The zero-order valence-electron chi connectivity index (χ0n) is 18.3. The van der Waals surface area contributed by atoms with Crippen LogP contribution in [0.4, 0.5) is 23.9 Å². The van der Waals surface area contributed by atoms with Crippen LogP contribution in [0.2, 0.25) is 0 Å². The summed E-state index contributed by atoms with van der Waals surface area (Å²) in [6.07, 6.45) is 4.75. The fraction of sp³-hybridized carbons (Fsp3) is 0.318. The summed E-state index contributed by atoms with van der Waals surface area (Å²) in [6, 6.07) is 3.97. The molecule has 1 saturated heterocycles. The molecule has 2 aromatic heterocycles. The van der Waals surface area contributed by atoms with Gasteiger partial charge in [0.1, 0.15) is 23.0 Å². The Kier molecular flexibility index (Phi) is 5.64. The summed E-state index contributed by atoms with van der Waals surface area (Å²) < 4.78 is 43.2. The van der Waals surface area contributed by atoms with Gasteiger partial charge in [0.25, 0.3) is 0 Å². The molecule has 2 aliphatic rings. The Morgan fingerprint density at radius 3 is 2.47 bits per heavy atom. The Morgan fingerprint density at radius 1 is 1.06 bits per heavy atom. The molecule has 1 atom stereocenters. The van der Waals surface area contributed by atoms with E-state index in [0.29, 0.717) is 49.8 Å². The van der Waals surface area contributed by atoms with Crippen molar-refractivity contribution >= 4 is 18.2 Å². The highest BCUT2D eigenvalue weighted by molar-refractivity contribution is 5.78. The van der Waals surface area contributed by atoms with E-state index in [1.165, 1.54) is 17.1 Å². The van der Waals surface area contributed by atoms with Crippen molar-refractivity contribution in [2.45, 2.75) is 12.5 Å². The van der Waals surface area contributed by atoms with Crippen LogP contribution in [-0.4, -0.2) is 68.1 Å². The van der Waals surface area contributed by atoms with Gasteiger partial charge in [-0.3, -0.25) is 4.68 Å². The molecular weight excluding hydrogens is 449 g/mol. The lowest BCUT2D eigenvalue weighted by atomic mass is 10.0. The summed E-state index contributed by atoms with van der Waals surface area (Å²) in [5.74, 6) is -1.62. The van der Waals surface area contributed by atoms with E-state index in [0.717, 1.165) is 12.3 Å². The minimum absolute atomic E-state index is 0.112. The largest absolute Gasteiger partial charge is 0.341 e. The third kappa shape index (κ3) is 4.18. The van der Waals surface area contributed by atoms with Crippen LogP contribution >= 0.6 is 0 Å². The van der Waals surface area contributed by atoms with Gasteiger partial charge in [0.05, 0.1) is 12.2 Å². The average molecular weight is 470 g/mol. The molecule has 9 nitrogen and oxygen atoms in total. The number of benzene rings is 1. The smallest absolute Gasteiger partial charge is 0.337 e. The summed E-state index contributed by atoms with van der Waals surface area (Å²) in [4.78, 5) is 25.1. The molecule has 1 aromatic carbocycles. The van der Waals surface area contributed by atoms with Gasteiger partial charge in [-0.05, 0) is 23.8 Å². The van der Waals surface area contributed by atoms with E-state index in [1.54, 1.807) is 35.1 Å². The first-order chi connectivity index (χ1) is 16.4. The Bertz CT molecular complexity index is 1230. The molecular formula is C22H21F3N8O.